The number of nitrogens with one attached hydrogen (secondary N) is 2. The molecule has 0 aliphatic carbocycles. The van der Waals surface area contributed by atoms with Gasteiger partial charge in [0.05, 0.1) is 12.0 Å². The van der Waals surface area contributed by atoms with Gasteiger partial charge in [0.2, 0.25) is 5.91 Å². The van der Waals surface area contributed by atoms with Crippen LogP contribution >= 0.6 is 12.4 Å². The van der Waals surface area contributed by atoms with E-state index in [0.29, 0.717) is 31.6 Å². The molecule has 5 nitrogen and oxygen atoms in total. The number of rotatable bonds is 3. The lowest BCUT2D eigenvalue weighted by molar-refractivity contribution is -0.175. The van der Waals surface area contributed by atoms with Crippen molar-refractivity contribution >= 4 is 24.2 Å². The predicted octanol–water partition coefficient (Wildman–Crippen LogP) is 1.83. The summed E-state index contributed by atoms with van der Waals surface area (Å²) in [7, 11) is 0. The van der Waals surface area contributed by atoms with Gasteiger partial charge in [-0.25, -0.2) is 4.39 Å². The minimum absolute atomic E-state index is 0. The second-order valence-corrected chi connectivity index (χ2v) is 6.66. The minimum atomic E-state index is -5.00. The molecule has 3 rings (SSSR count). The average molecular weight is 410 g/mol. The van der Waals surface area contributed by atoms with E-state index in [2.05, 4.69) is 5.32 Å². The van der Waals surface area contributed by atoms with Gasteiger partial charge in [0.1, 0.15) is 5.82 Å². The van der Waals surface area contributed by atoms with Gasteiger partial charge in [0.15, 0.2) is 0 Å². The highest BCUT2D eigenvalue weighted by molar-refractivity contribution is 5.85. The van der Waals surface area contributed by atoms with Crippen molar-refractivity contribution in [2.45, 2.75) is 24.6 Å². The maximum atomic E-state index is 13.1. The predicted molar refractivity (Wildman–Crippen MR) is 91.9 cm³/mol. The second-order valence-electron chi connectivity index (χ2n) is 6.66. The van der Waals surface area contributed by atoms with Crippen LogP contribution in [0.5, 0.6) is 0 Å². The van der Waals surface area contributed by atoms with Crippen LogP contribution in [0.3, 0.4) is 0 Å². The Balaban J connectivity index is 0.00000261. The number of carbonyl (C=O) groups is 2. The Hall–Kier alpha value is -1.87. The first-order valence-corrected chi connectivity index (χ1v) is 8.38. The van der Waals surface area contributed by atoms with Gasteiger partial charge in [0.25, 0.3) is 0 Å². The highest BCUT2D eigenvalue weighted by Crippen LogP contribution is 2.30. The molecule has 0 bridgehead atoms. The summed E-state index contributed by atoms with van der Waals surface area (Å²) >= 11 is 0. The summed E-state index contributed by atoms with van der Waals surface area (Å²) in [5, 5.41) is 5.00. The molecule has 0 saturated carbocycles. The van der Waals surface area contributed by atoms with Crippen molar-refractivity contribution in [3.05, 3.63) is 35.6 Å². The number of alkyl halides is 3. The first-order chi connectivity index (χ1) is 12.3. The Bertz CT molecular complexity index is 680. The van der Waals surface area contributed by atoms with Crippen LogP contribution in [-0.4, -0.2) is 55.1 Å². The van der Waals surface area contributed by atoms with E-state index in [9.17, 15) is 27.2 Å². The molecule has 27 heavy (non-hydrogen) atoms. The van der Waals surface area contributed by atoms with E-state index >= 15 is 0 Å². The molecule has 2 atom stereocenters. The van der Waals surface area contributed by atoms with Gasteiger partial charge in [-0.15, -0.1) is 12.4 Å². The highest BCUT2D eigenvalue weighted by atomic mass is 35.5. The molecule has 10 heteroatoms. The van der Waals surface area contributed by atoms with E-state index in [1.807, 2.05) is 5.32 Å². The fraction of sp³-hybridized carbons (Fsp3) is 0.529. The average Bonchev–Trinajstić information content (AvgIpc) is 2.53. The van der Waals surface area contributed by atoms with E-state index in [-0.39, 0.29) is 30.8 Å². The second kappa shape index (κ2) is 8.43. The summed E-state index contributed by atoms with van der Waals surface area (Å²) in [4.78, 5) is 25.3. The SMILES string of the molecule is Cl.O=C(C1CNC1)N1CCC(c2ccc(F)cc2)C(NC(=O)C(F)(F)F)C1. The standard InChI is InChI=1S/C17H19F4N3O2.ClH/c18-12-3-1-10(2-4-12)13-5-6-24(15(25)11-7-22-8-11)9-14(13)23-16(26)17(19,20)21;/h1-4,11,13-14,22H,5-9H2,(H,23,26);1H. The number of hydrogen-bond acceptors (Lipinski definition) is 3. The first kappa shape index (κ1) is 21.4. The van der Waals surface area contributed by atoms with Crippen LogP contribution < -0.4 is 10.6 Å². The maximum Gasteiger partial charge on any atom is 0.471 e. The molecule has 2 unspecified atom stereocenters. The lowest BCUT2D eigenvalue weighted by Crippen LogP contribution is -2.59. The van der Waals surface area contributed by atoms with Gasteiger partial charge in [-0.2, -0.15) is 13.2 Å². The molecule has 2 amide bonds. The molecule has 2 aliphatic rings. The van der Waals surface area contributed by atoms with Gasteiger partial charge in [0, 0.05) is 32.1 Å². The maximum absolute atomic E-state index is 13.1. The molecule has 1 aromatic rings. The molecule has 2 aliphatic heterocycles. The van der Waals surface area contributed by atoms with Crippen molar-refractivity contribution in [3.8, 4) is 0 Å². The Kier molecular flexibility index (Phi) is 6.69. The lowest BCUT2D eigenvalue weighted by Gasteiger charge is -2.41. The summed E-state index contributed by atoms with van der Waals surface area (Å²) in [6.07, 6.45) is -4.61. The molecule has 1 aromatic carbocycles. The third-order valence-corrected chi connectivity index (χ3v) is 4.93. The Labute approximate surface area is 159 Å². The number of amides is 2. The van der Waals surface area contributed by atoms with E-state index in [4.69, 9.17) is 0 Å². The number of likely N-dealkylation sites (tertiary alicyclic amines) is 1. The van der Waals surface area contributed by atoms with Gasteiger partial charge >= 0.3 is 12.1 Å². The fourth-order valence-corrected chi connectivity index (χ4v) is 3.38. The Morgan fingerprint density at radius 3 is 2.30 bits per heavy atom. The zero-order valence-corrected chi connectivity index (χ0v) is 15.1. The molecule has 2 saturated heterocycles. The molecule has 2 N–H and O–H groups in total. The third-order valence-electron chi connectivity index (χ3n) is 4.93. The Morgan fingerprint density at radius 1 is 1.15 bits per heavy atom. The van der Waals surface area contributed by atoms with Crippen LogP contribution in [0, 0.1) is 11.7 Å². The molecule has 2 fully saturated rings. The molecule has 0 aromatic heterocycles. The molecule has 0 radical (unpaired) electrons. The summed E-state index contributed by atoms with van der Waals surface area (Å²) in [5.74, 6) is -3.20. The topological polar surface area (TPSA) is 61.4 Å². The minimum Gasteiger partial charge on any atom is -0.343 e. The van der Waals surface area contributed by atoms with Crippen molar-refractivity contribution in [2.75, 3.05) is 26.2 Å². The zero-order chi connectivity index (χ0) is 18.9. The van der Waals surface area contributed by atoms with Crippen LogP contribution in [0.15, 0.2) is 24.3 Å². The summed E-state index contributed by atoms with van der Waals surface area (Å²) in [6, 6.07) is 4.57. The van der Waals surface area contributed by atoms with Gasteiger partial charge < -0.3 is 15.5 Å². The van der Waals surface area contributed by atoms with Crippen LogP contribution in [0.1, 0.15) is 17.9 Å². The van der Waals surface area contributed by atoms with Crippen LogP contribution in [0.2, 0.25) is 0 Å². The molecule has 0 spiro atoms. The molecular formula is C17H20ClF4N3O2. The fourth-order valence-electron chi connectivity index (χ4n) is 3.38. The monoisotopic (exact) mass is 409 g/mol. The number of piperidine rings is 1. The van der Waals surface area contributed by atoms with Gasteiger partial charge in [-0.3, -0.25) is 9.59 Å². The van der Waals surface area contributed by atoms with Crippen molar-refractivity contribution < 1.29 is 27.2 Å². The van der Waals surface area contributed by atoms with Crippen LogP contribution in [0.25, 0.3) is 0 Å². The quantitative estimate of drug-likeness (QED) is 0.749. The number of nitrogens with zero attached hydrogens (tertiary/aromatic N) is 1. The van der Waals surface area contributed by atoms with Crippen molar-refractivity contribution in [3.63, 3.8) is 0 Å². The lowest BCUT2D eigenvalue weighted by atomic mass is 9.84. The number of hydrogen-bond donors (Lipinski definition) is 2. The van der Waals surface area contributed by atoms with E-state index in [1.54, 1.807) is 0 Å². The number of halogens is 5. The summed E-state index contributed by atoms with van der Waals surface area (Å²) in [6.45, 7) is 1.49. The number of carbonyl (C=O) groups excluding carboxylic acids is 2. The summed E-state index contributed by atoms with van der Waals surface area (Å²) < 4.78 is 51.2. The Morgan fingerprint density at radius 2 is 1.78 bits per heavy atom. The summed E-state index contributed by atoms with van der Waals surface area (Å²) in [5.41, 5.74) is 0.635. The van der Waals surface area contributed by atoms with Gasteiger partial charge in [-0.1, -0.05) is 12.1 Å². The van der Waals surface area contributed by atoms with Crippen molar-refractivity contribution in [2.24, 2.45) is 5.92 Å². The third kappa shape index (κ3) is 4.90. The molecule has 2 heterocycles. The normalized spacial score (nSPS) is 23.2. The number of benzene rings is 1. The zero-order valence-electron chi connectivity index (χ0n) is 14.3. The van der Waals surface area contributed by atoms with E-state index in [0.717, 1.165) is 0 Å². The van der Waals surface area contributed by atoms with Crippen molar-refractivity contribution in [1.82, 2.24) is 15.5 Å². The van der Waals surface area contributed by atoms with Gasteiger partial charge in [-0.05, 0) is 24.1 Å². The molecule has 150 valence electrons. The van der Waals surface area contributed by atoms with Crippen molar-refractivity contribution in [1.29, 1.82) is 0 Å². The van der Waals surface area contributed by atoms with Crippen LogP contribution in [-0.2, 0) is 9.59 Å². The van der Waals surface area contributed by atoms with Crippen LogP contribution in [0.4, 0.5) is 17.6 Å². The van der Waals surface area contributed by atoms with E-state index in [1.165, 1.54) is 29.2 Å². The smallest absolute Gasteiger partial charge is 0.343 e. The largest absolute Gasteiger partial charge is 0.471 e. The highest BCUT2D eigenvalue weighted by Gasteiger charge is 2.43. The first-order valence-electron chi connectivity index (χ1n) is 8.38. The van der Waals surface area contributed by atoms with E-state index < -0.39 is 29.9 Å². The molecular weight excluding hydrogens is 390 g/mol.